The summed E-state index contributed by atoms with van der Waals surface area (Å²) in [5.74, 6) is -0.954. The van der Waals surface area contributed by atoms with E-state index in [1.54, 1.807) is 24.3 Å². The molecule has 0 fully saturated rings. The van der Waals surface area contributed by atoms with Crippen LogP contribution in [-0.2, 0) is 9.59 Å². The number of carbonyl (C=O) groups is 3. The highest BCUT2D eigenvalue weighted by atomic mass is 32.1. The minimum atomic E-state index is -0.732. The predicted molar refractivity (Wildman–Crippen MR) is 107 cm³/mol. The standard InChI is InChI=1S/C19H20N4O4S/c1-10(2)16(23-17(25)14-5-4-8-27-14)18(26)21-12-6-7-13-15(9-12)28-19(22-13)20-11(3)24/h4-10,16H,1-3H3,(H,21,26)(H,23,25)(H,20,22,24). The fourth-order valence-electron chi connectivity index (χ4n) is 2.58. The molecule has 3 aromatic rings. The van der Waals surface area contributed by atoms with Gasteiger partial charge in [-0.1, -0.05) is 25.2 Å². The Hall–Kier alpha value is -3.20. The molecular formula is C19H20N4O4S. The molecule has 1 aromatic carbocycles. The van der Waals surface area contributed by atoms with Crippen LogP contribution in [0.4, 0.5) is 10.8 Å². The van der Waals surface area contributed by atoms with Gasteiger partial charge in [-0.2, -0.15) is 0 Å². The second-order valence-electron chi connectivity index (χ2n) is 6.54. The van der Waals surface area contributed by atoms with E-state index in [0.717, 1.165) is 10.2 Å². The summed E-state index contributed by atoms with van der Waals surface area (Å²) in [6, 6.07) is 7.68. The number of hydrogen-bond acceptors (Lipinski definition) is 6. The van der Waals surface area contributed by atoms with Crippen molar-refractivity contribution in [1.29, 1.82) is 0 Å². The maximum Gasteiger partial charge on any atom is 0.287 e. The summed E-state index contributed by atoms with van der Waals surface area (Å²) < 4.78 is 5.89. The van der Waals surface area contributed by atoms with Crippen LogP contribution < -0.4 is 16.0 Å². The molecule has 0 bridgehead atoms. The third kappa shape index (κ3) is 4.55. The van der Waals surface area contributed by atoms with Crippen molar-refractivity contribution < 1.29 is 18.8 Å². The van der Waals surface area contributed by atoms with E-state index in [-0.39, 0.29) is 23.5 Å². The average molecular weight is 400 g/mol. The molecule has 8 nitrogen and oxygen atoms in total. The second-order valence-corrected chi connectivity index (χ2v) is 7.58. The molecule has 0 saturated carbocycles. The molecule has 2 heterocycles. The van der Waals surface area contributed by atoms with E-state index >= 15 is 0 Å². The van der Waals surface area contributed by atoms with E-state index < -0.39 is 11.9 Å². The summed E-state index contributed by atoms with van der Waals surface area (Å²) in [6.45, 7) is 5.11. The summed E-state index contributed by atoms with van der Waals surface area (Å²) in [7, 11) is 0. The topological polar surface area (TPSA) is 113 Å². The number of amides is 3. The molecular weight excluding hydrogens is 380 g/mol. The number of furan rings is 1. The van der Waals surface area contributed by atoms with Crippen molar-refractivity contribution in [3.63, 3.8) is 0 Å². The lowest BCUT2D eigenvalue weighted by Crippen LogP contribution is -2.47. The Morgan fingerprint density at radius 3 is 2.57 bits per heavy atom. The fraction of sp³-hybridized carbons (Fsp3) is 0.263. The van der Waals surface area contributed by atoms with Crippen LogP contribution >= 0.6 is 11.3 Å². The molecule has 146 valence electrons. The normalized spacial score (nSPS) is 12.0. The molecule has 3 rings (SSSR count). The molecule has 9 heteroatoms. The quantitative estimate of drug-likeness (QED) is 0.588. The number of aromatic nitrogens is 1. The predicted octanol–water partition coefficient (Wildman–Crippen LogP) is 3.24. The maximum atomic E-state index is 12.7. The van der Waals surface area contributed by atoms with E-state index in [9.17, 15) is 14.4 Å². The smallest absolute Gasteiger partial charge is 0.287 e. The van der Waals surface area contributed by atoms with Crippen molar-refractivity contribution in [3.05, 3.63) is 42.4 Å². The van der Waals surface area contributed by atoms with Crippen LogP contribution in [0.2, 0.25) is 0 Å². The van der Waals surface area contributed by atoms with Gasteiger partial charge < -0.3 is 20.4 Å². The van der Waals surface area contributed by atoms with Crippen LogP contribution in [0.3, 0.4) is 0 Å². The first-order valence-electron chi connectivity index (χ1n) is 8.67. The highest BCUT2D eigenvalue weighted by molar-refractivity contribution is 7.22. The van der Waals surface area contributed by atoms with Gasteiger partial charge in [-0.25, -0.2) is 4.98 Å². The highest BCUT2D eigenvalue weighted by Crippen LogP contribution is 2.28. The molecule has 2 aromatic heterocycles. The second kappa shape index (κ2) is 8.22. The van der Waals surface area contributed by atoms with E-state index in [1.807, 2.05) is 13.8 Å². The van der Waals surface area contributed by atoms with E-state index in [4.69, 9.17) is 4.42 Å². The van der Waals surface area contributed by atoms with Crippen molar-refractivity contribution in [2.24, 2.45) is 5.92 Å². The van der Waals surface area contributed by atoms with Crippen LogP contribution in [0.25, 0.3) is 10.2 Å². The lowest BCUT2D eigenvalue weighted by Gasteiger charge is -2.21. The molecule has 3 amide bonds. The molecule has 0 saturated heterocycles. The van der Waals surface area contributed by atoms with Gasteiger partial charge in [0.25, 0.3) is 5.91 Å². The highest BCUT2D eigenvalue weighted by Gasteiger charge is 2.25. The third-order valence-electron chi connectivity index (χ3n) is 3.92. The summed E-state index contributed by atoms with van der Waals surface area (Å²) in [6.07, 6.45) is 1.40. The Labute approximate surface area is 165 Å². The minimum absolute atomic E-state index is 0.127. The molecule has 28 heavy (non-hydrogen) atoms. The van der Waals surface area contributed by atoms with Crippen molar-refractivity contribution in [2.45, 2.75) is 26.8 Å². The number of thiazole rings is 1. The summed E-state index contributed by atoms with van der Waals surface area (Å²) in [4.78, 5) is 40.4. The summed E-state index contributed by atoms with van der Waals surface area (Å²) >= 11 is 1.31. The lowest BCUT2D eigenvalue weighted by molar-refractivity contribution is -0.119. The van der Waals surface area contributed by atoms with Crippen LogP contribution in [0, 0.1) is 5.92 Å². The SMILES string of the molecule is CC(=O)Nc1nc2ccc(NC(=O)C(NC(=O)c3ccco3)C(C)C)cc2s1. The fourth-order valence-corrected chi connectivity index (χ4v) is 3.53. The van der Waals surface area contributed by atoms with Crippen LogP contribution in [-0.4, -0.2) is 28.7 Å². The zero-order valence-electron chi connectivity index (χ0n) is 15.6. The first kappa shape index (κ1) is 19.6. The number of fused-ring (bicyclic) bond motifs is 1. The minimum Gasteiger partial charge on any atom is -0.459 e. The number of rotatable bonds is 6. The van der Waals surface area contributed by atoms with E-state index in [1.165, 1.54) is 30.6 Å². The molecule has 0 aliphatic carbocycles. The number of benzene rings is 1. The first-order chi connectivity index (χ1) is 13.3. The summed E-state index contributed by atoms with van der Waals surface area (Å²) in [5, 5.41) is 8.67. The Bertz CT molecular complexity index is 1010. The molecule has 0 spiro atoms. The third-order valence-corrected chi connectivity index (χ3v) is 4.85. The van der Waals surface area contributed by atoms with Crippen LogP contribution in [0.15, 0.2) is 41.0 Å². The van der Waals surface area contributed by atoms with Gasteiger partial charge >= 0.3 is 0 Å². The van der Waals surface area contributed by atoms with Crippen molar-refractivity contribution in [2.75, 3.05) is 10.6 Å². The number of nitrogens with zero attached hydrogens (tertiary/aromatic N) is 1. The zero-order valence-corrected chi connectivity index (χ0v) is 16.4. The molecule has 0 radical (unpaired) electrons. The Morgan fingerprint density at radius 2 is 1.93 bits per heavy atom. The Morgan fingerprint density at radius 1 is 1.14 bits per heavy atom. The van der Waals surface area contributed by atoms with E-state index in [2.05, 4.69) is 20.9 Å². The van der Waals surface area contributed by atoms with Crippen molar-refractivity contribution in [3.8, 4) is 0 Å². The Balaban J connectivity index is 1.73. The largest absolute Gasteiger partial charge is 0.459 e. The summed E-state index contributed by atoms with van der Waals surface area (Å²) in [5.41, 5.74) is 1.30. The molecule has 1 atom stereocenters. The maximum absolute atomic E-state index is 12.7. The average Bonchev–Trinajstić information content (AvgIpc) is 3.27. The van der Waals surface area contributed by atoms with Crippen LogP contribution in [0.1, 0.15) is 31.3 Å². The van der Waals surface area contributed by atoms with Gasteiger partial charge in [0, 0.05) is 12.6 Å². The van der Waals surface area contributed by atoms with Crippen molar-refractivity contribution in [1.82, 2.24) is 10.3 Å². The van der Waals surface area contributed by atoms with Gasteiger partial charge in [0.1, 0.15) is 6.04 Å². The molecule has 0 aliphatic rings. The lowest BCUT2D eigenvalue weighted by atomic mass is 10.0. The van der Waals surface area contributed by atoms with Gasteiger partial charge in [0.15, 0.2) is 10.9 Å². The van der Waals surface area contributed by atoms with Crippen LogP contribution in [0.5, 0.6) is 0 Å². The van der Waals surface area contributed by atoms with Gasteiger partial charge in [-0.3, -0.25) is 14.4 Å². The Kier molecular flexibility index (Phi) is 5.74. The number of carbonyl (C=O) groups excluding carboxylic acids is 3. The molecule has 0 aliphatic heterocycles. The zero-order chi connectivity index (χ0) is 20.3. The van der Waals surface area contributed by atoms with Gasteiger partial charge in [-0.05, 0) is 36.2 Å². The van der Waals surface area contributed by atoms with Gasteiger partial charge in [-0.15, -0.1) is 0 Å². The number of hydrogen-bond donors (Lipinski definition) is 3. The molecule has 3 N–H and O–H groups in total. The first-order valence-corrected chi connectivity index (χ1v) is 9.48. The van der Waals surface area contributed by atoms with Crippen molar-refractivity contribution >= 4 is 50.1 Å². The van der Waals surface area contributed by atoms with Gasteiger partial charge in [0.2, 0.25) is 11.8 Å². The van der Waals surface area contributed by atoms with E-state index in [0.29, 0.717) is 10.8 Å². The molecule has 1 unspecified atom stereocenters. The van der Waals surface area contributed by atoms with Gasteiger partial charge in [0.05, 0.1) is 16.5 Å². The monoisotopic (exact) mass is 400 g/mol. The number of anilines is 2. The number of nitrogens with one attached hydrogen (secondary N) is 3.